The minimum Gasteiger partial charge on any atom is -0.465 e. The van der Waals surface area contributed by atoms with E-state index < -0.39 is 98.0 Å². The second-order valence-electron chi connectivity index (χ2n) is 5.28. The van der Waals surface area contributed by atoms with Crippen LogP contribution in [0.1, 0.15) is 38.5 Å². The number of hydrogen-bond donors (Lipinski definition) is 1. The van der Waals surface area contributed by atoms with Crippen molar-refractivity contribution < 1.29 is 47.0 Å². The van der Waals surface area contributed by atoms with Crippen LogP contribution in [0.5, 0.6) is 0 Å². The van der Waals surface area contributed by atoms with Crippen molar-refractivity contribution in [2.45, 2.75) is 11.8 Å². The number of carbonyl (C=O) groups is 2. The summed E-state index contributed by atoms with van der Waals surface area (Å²) in [6, 6.07) is -2.99. The molecule has 0 aromatic heterocycles. The van der Waals surface area contributed by atoms with Gasteiger partial charge in [0.15, 0.2) is 6.08 Å². The Morgan fingerprint density at radius 2 is 2.07 bits per heavy atom. The van der Waals surface area contributed by atoms with E-state index >= 15 is 0 Å². The third-order valence-electron chi connectivity index (χ3n) is 3.40. The van der Waals surface area contributed by atoms with Gasteiger partial charge in [-0.2, -0.15) is 8.42 Å². The van der Waals surface area contributed by atoms with Crippen molar-refractivity contribution in [2.75, 3.05) is 7.11 Å². The standard InChI is InChI=1S/C19H16FNO7S/c1-26-19(23)13-8-7-12(9-14(13)20)16-15(22)17(18(21)27-16)28-29(24,25)10-11-5-3-2-4-6-11/h2-9,16H,10,21H2,1H3/t16-/m0/s1/i2D,3D,4D,5D,6D,10D2,16D. The molecule has 152 valence electrons. The average Bonchev–Trinajstić information content (AvgIpc) is 3.04. The van der Waals surface area contributed by atoms with Gasteiger partial charge in [-0.25, -0.2) is 9.18 Å². The van der Waals surface area contributed by atoms with Crippen LogP contribution in [-0.2, 0) is 34.3 Å². The van der Waals surface area contributed by atoms with Gasteiger partial charge >= 0.3 is 16.1 Å². The monoisotopic (exact) mass is 429 g/mol. The van der Waals surface area contributed by atoms with E-state index in [4.69, 9.17) is 21.4 Å². The topological polar surface area (TPSA) is 122 Å². The molecule has 2 N–H and O–H groups in total. The lowest BCUT2D eigenvalue weighted by Gasteiger charge is -2.11. The predicted octanol–water partition coefficient (Wildman–Crippen LogP) is 1.93. The summed E-state index contributed by atoms with van der Waals surface area (Å²) in [6.45, 7) is 0. The fraction of sp³-hybridized carbons (Fsp3) is 0.158. The van der Waals surface area contributed by atoms with Gasteiger partial charge in [0.2, 0.25) is 17.4 Å². The second kappa shape index (κ2) is 7.92. The zero-order valence-corrected chi connectivity index (χ0v) is 15.3. The minimum absolute atomic E-state index is 0.546. The van der Waals surface area contributed by atoms with E-state index in [9.17, 15) is 22.4 Å². The van der Waals surface area contributed by atoms with E-state index in [2.05, 4.69) is 8.92 Å². The lowest BCUT2D eigenvalue weighted by Crippen LogP contribution is -2.16. The highest BCUT2D eigenvalue weighted by Gasteiger charge is 2.40. The smallest absolute Gasteiger partial charge is 0.340 e. The molecular formula is C19H16FNO7S. The maximum absolute atomic E-state index is 14.4. The Bertz CT molecular complexity index is 1470. The Labute approximate surface area is 177 Å². The van der Waals surface area contributed by atoms with Crippen molar-refractivity contribution in [2.24, 2.45) is 5.73 Å². The molecule has 0 bridgehead atoms. The normalized spacial score (nSPS) is 23.4. The number of esters is 1. The molecule has 0 saturated carbocycles. The SMILES string of the molecule is [2H]c1c([2H])c([2H])c(C([2H])([2H])S(=O)(=O)OC2=C(N)O[C@@]([2H])(c3ccc(C(=O)OC)c(F)c3)C2=O)c([2H])c1[2H]. The van der Waals surface area contributed by atoms with E-state index in [1.807, 2.05) is 0 Å². The van der Waals surface area contributed by atoms with Gasteiger partial charge in [0.05, 0.1) is 23.6 Å². The van der Waals surface area contributed by atoms with Gasteiger partial charge in [0.25, 0.3) is 0 Å². The second-order valence-corrected chi connectivity index (χ2v) is 6.56. The van der Waals surface area contributed by atoms with Crippen LogP contribution in [0.25, 0.3) is 0 Å². The molecule has 29 heavy (non-hydrogen) atoms. The number of methoxy groups -OCH3 is 1. The van der Waals surface area contributed by atoms with Crippen molar-refractivity contribution in [3.63, 3.8) is 0 Å². The van der Waals surface area contributed by atoms with E-state index in [-0.39, 0.29) is 0 Å². The summed E-state index contributed by atoms with van der Waals surface area (Å²) in [5.74, 6) is -6.35. The van der Waals surface area contributed by atoms with Gasteiger partial charge in [0, 0.05) is 5.56 Å². The van der Waals surface area contributed by atoms with Crippen molar-refractivity contribution >= 4 is 21.9 Å². The first-order valence-electron chi connectivity index (χ1n) is 11.6. The Hall–Kier alpha value is -3.40. The molecule has 1 aliphatic heterocycles. The van der Waals surface area contributed by atoms with Crippen molar-refractivity contribution in [3.05, 3.63) is 82.6 Å². The van der Waals surface area contributed by atoms with Crippen LogP contribution in [0.4, 0.5) is 4.39 Å². The molecule has 0 saturated heterocycles. The number of rotatable bonds is 6. The number of ether oxygens (including phenoxy) is 2. The van der Waals surface area contributed by atoms with Crippen LogP contribution >= 0.6 is 0 Å². The molecule has 0 unspecified atom stereocenters. The highest BCUT2D eigenvalue weighted by atomic mass is 32.2. The van der Waals surface area contributed by atoms with Crippen LogP contribution in [0, 0.1) is 5.82 Å². The molecule has 0 fully saturated rings. The van der Waals surface area contributed by atoms with Gasteiger partial charge in [-0.1, -0.05) is 36.3 Å². The summed E-state index contributed by atoms with van der Waals surface area (Å²) in [6.07, 6.45) is -2.91. The van der Waals surface area contributed by atoms with Crippen molar-refractivity contribution in [3.8, 4) is 0 Å². The number of hydrogen-bond acceptors (Lipinski definition) is 8. The third kappa shape index (κ3) is 4.37. The Morgan fingerprint density at radius 1 is 1.38 bits per heavy atom. The number of halogens is 1. The highest BCUT2D eigenvalue weighted by molar-refractivity contribution is 7.86. The van der Waals surface area contributed by atoms with Crippen LogP contribution < -0.4 is 5.73 Å². The highest BCUT2D eigenvalue weighted by Crippen LogP contribution is 2.33. The van der Waals surface area contributed by atoms with E-state index in [1.165, 1.54) is 0 Å². The molecule has 10 heteroatoms. The Kier molecular flexibility index (Phi) is 3.34. The molecule has 1 atom stereocenters. The maximum Gasteiger partial charge on any atom is 0.340 e. The molecule has 1 aliphatic rings. The summed E-state index contributed by atoms with van der Waals surface area (Å²) < 4.78 is 117. The Morgan fingerprint density at radius 3 is 2.69 bits per heavy atom. The molecule has 3 rings (SSSR count). The fourth-order valence-electron chi connectivity index (χ4n) is 2.18. The van der Waals surface area contributed by atoms with Crippen LogP contribution in [0.2, 0.25) is 0 Å². The fourth-order valence-corrected chi connectivity index (χ4v) is 2.95. The first-order valence-corrected chi connectivity index (χ1v) is 8.96. The van der Waals surface area contributed by atoms with E-state index in [0.717, 1.165) is 19.2 Å². The molecule has 2 aromatic rings. The summed E-state index contributed by atoms with van der Waals surface area (Å²) in [5, 5.41) is 0. The molecule has 0 aliphatic carbocycles. The quantitative estimate of drug-likeness (QED) is 0.546. The number of carbonyl (C=O) groups excluding carboxylic acids is 2. The summed E-state index contributed by atoms with van der Waals surface area (Å²) in [7, 11) is -4.72. The first-order chi connectivity index (χ1) is 16.9. The number of nitrogens with two attached hydrogens (primary N) is 1. The van der Waals surface area contributed by atoms with Gasteiger partial charge in [-0.15, -0.1) is 0 Å². The van der Waals surface area contributed by atoms with Gasteiger partial charge in [-0.3, -0.25) is 4.79 Å². The zero-order valence-electron chi connectivity index (χ0n) is 22.5. The van der Waals surface area contributed by atoms with Crippen LogP contribution in [0.3, 0.4) is 0 Å². The summed E-state index contributed by atoms with van der Waals surface area (Å²) in [5.41, 5.74) is -0.708. The molecule has 0 radical (unpaired) electrons. The lowest BCUT2D eigenvalue weighted by atomic mass is 10.0. The van der Waals surface area contributed by atoms with Crippen molar-refractivity contribution in [1.29, 1.82) is 0 Å². The number of ketones is 1. The van der Waals surface area contributed by atoms with Crippen LogP contribution in [0.15, 0.2) is 60.1 Å². The van der Waals surface area contributed by atoms with Crippen LogP contribution in [-0.4, -0.2) is 27.3 Å². The van der Waals surface area contributed by atoms with Gasteiger partial charge in [-0.05, 0) is 17.7 Å². The molecule has 0 amide bonds. The summed E-state index contributed by atoms with van der Waals surface area (Å²) >= 11 is 0. The zero-order chi connectivity index (χ0) is 28.2. The number of benzene rings is 2. The van der Waals surface area contributed by atoms with E-state index in [0.29, 0.717) is 6.07 Å². The van der Waals surface area contributed by atoms with Crippen molar-refractivity contribution in [1.82, 2.24) is 0 Å². The first kappa shape index (κ1) is 12.2. The lowest BCUT2D eigenvalue weighted by molar-refractivity contribution is -0.123. The number of Topliss-reactive ketones (excluding diaryl/α,β-unsaturated/α-hetero) is 1. The molecule has 2 aromatic carbocycles. The average molecular weight is 429 g/mol. The van der Waals surface area contributed by atoms with Gasteiger partial charge < -0.3 is 19.4 Å². The largest absolute Gasteiger partial charge is 0.465 e. The third-order valence-corrected chi connectivity index (χ3v) is 4.25. The molecule has 8 nitrogen and oxygen atoms in total. The molecule has 0 spiro atoms. The van der Waals surface area contributed by atoms with E-state index in [1.54, 1.807) is 0 Å². The summed E-state index contributed by atoms with van der Waals surface area (Å²) in [4.78, 5) is 24.5. The maximum atomic E-state index is 14.4. The predicted molar refractivity (Wildman–Crippen MR) is 97.9 cm³/mol. The minimum atomic E-state index is -5.71. The molecular weight excluding hydrogens is 405 g/mol. The Balaban J connectivity index is 2.02. The van der Waals surface area contributed by atoms with Gasteiger partial charge in [0.1, 0.15) is 11.5 Å². The molecule has 1 heterocycles.